The summed E-state index contributed by atoms with van der Waals surface area (Å²) in [5, 5.41) is 6.73. The van der Waals surface area contributed by atoms with Crippen LogP contribution in [0.2, 0.25) is 0 Å². The Morgan fingerprint density at radius 3 is 2.70 bits per heavy atom. The van der Waals surface area contributed by atoms with E-state index in [0.29, 0.717) is 6.54 Å². The molecule has 0 aliphatic heterocycles. The summed E-state index contributed by atoms with van der Waals surface area (Å²) in [6, 6.07) is 6.10. The number of hydrogen-bond acceptors (Lipinski definition) is 2. The second-order valence-corrected chi connectivity index (χ2v) is 6.27. The zero-order chi connectivity index (χ0) is 15.6. The van der Waals surface area contributed by atoms with E-state index in [-0.39, 0.29) is 24.0 Å². The first-order valence-electron chi connectivity index (χ1n) is 8.65. The number of nitrogens with zero attached hydrogens (tertiary/aromatic N) is 2. The zero-order valence-electron chi connectivity index (χ0n) is 14.5. The van der Waals surface area contributed by atoms with E-state index in [1.165, 1.54) is 44.9 Å². The van der Waals surface area contributed by atoms with E-state index in [1.54, 1.807) is 0 Å². The minimum Gasteiger partial charge on any atom is -0.356 e. The molecule has 0 bridgehead atoms. The largest absolute Gasteiger partial charge is 0.356 e. The lowest BCUT2D eigenvalue weighted by Crippen LogP contribution is -2.37. The molecule has 0 atom stereocenters. The van der Waals surface area contributed by atoms with Gasteiger partial charge in [-0.15, -0.1) is 24.0 Å². The van der Waals surface area contributed by atoms with Gasteiger partial charge in [-0.1, -0.05) is 38.2 Å². The molecule has 0 unspecified atom stereocenters. The SMILES string of the molecule is CN=C(NCCCC1CCCCC1)NCc1cccc(C)n1.I. The first-order chi connectivity index (χ1) is 10.8. The molecule has 1 saturated carbocycles. The highest BCUT2D eigenvalue weighted by Crippen LogP contribution is 2.26. The third-order valence-electron chi connectivity index (χ3n) is 4.41. The van der Waals surface area contributed by atoms with E-state index in [9.17, 15) is 0 Å². The number of aryl methyl sites for hydroxylation is 1. The van der Waals surface area contributed by atoms with Crippen LogP contribution in [0.15, 0.2) is 23.2 Å². The Bertz CT molecular complexity index is 470. The Kier molecular flexibility index (Phi) is 10.2. The van der Waals surface area contributed by atoms with E-state index in [2.05, 4.69) is 20.6 Å². The number of aromatic nitrogens is 1. The van der Waals surface area contributed by atoms with Gasteiger partial charge in [-0.2, -0.15) is 0 Å². The highest BCUT2D eigenvalue weighted by Gasteiger charge is 2.12. The van der Waals surface area contributed by atoms with Gasteiger partial charge in [-0.05, 0) is 37.8 Å². The molecule has 0 amide bonds. The third kappa shape index (κ3) is 7.99. The summed E-state index contributed by atoms with van der Waals surface area (Å²) < 4.78 is 0. The number of nitrogens with one attached hydrogen (secondary N) is 2. The molecule has 0 aromatic carbocycles. The van der Waals surface area contributed by atoms with Crippen molar-refractivity contribution in [2.45, 2.75) is 58.4 Å². The van der Waals surface area contributed by atoms with Gasteiger partial charge in [0, 0.05) is 19.3 Å². The maximum atomic E-state index is 4.49. The number of pyridine rings is 1. The molecule has 4 nitrogen and oxygen atoms in total. The van der Waals surface area contributed by atoms with E-state index >= 15 is 0 Å². The van der Waals surface area contributed by atoms with Crippen molar-refractivity contribution in [3.05, 3.63) is 29.6 Å². The Morgan fingerprint density at radius 1 is 1.22 bits per heavy atom. The summed E-state index contributed by atoms with van der Waals surface area (Å²) in [5.74, 6) is 1.83. The molecule has 0 spiro atoms. The predicted octanol–water partition coefficient (Wildman–Crippen LogP) is 4.03. The van der Waals surface area contributed by atoms with Crippen LogP contribution in [0, 0.1) is 12.8 Å². The summed E-state index contributed by atoms with van der Waals surface area (Å²) >= 11 is 0. The van der Waals surface area contributed by atoms with Gasteiger partial charge >= 0.3 is 0 Å². The Hall–Kier alpha value is -0.850. The lowest BCUT2D eigenvalue weighted by Gasteiger charge is -2.21. The minimum absolute atomic E-state index is 0. The molecule has 1 aliphatic carbocycles. The van der Waals surface area contributed by atoms with Crippen LogP contribution in [0.5, 0.6) is 0 Å². The molecule has 1 aromatic rings. The van der Waals surface area contributed by atoms with Crippen molar-refractivity contribution in [3.8, 4) is 0 Å². The van der Waals surface area contributed by atoms with Crippen molar-refractivity contribution in [1.82, 2.24) is 15.6 Å². The van der Waals surface area contributed by atoms with Crippen LogP contribution in [0.3, 0.4) is 0 Å². The molecule has 1 aromatic heterocycles. The van der Waals surface area contributed by atoms with Crippen LogP contribution in [0.1, 0.15) is 56.3 Å². The van der Waals surface area contributed by atoms with Crippen LogP contribution in [0.4, 0.5) is 0 Å². The van der Waals surface area contributed by atoms with Crippen LogP contribution in [-0.4, -0.2) is 24.5 Å². The van der Waals surface area contributed by atoms with Crippen molar-refractivity contribution < 1.29 is 0 Å². The molecular formula is C18H31IN4. The number of hydrogen-bond donors (Lipinski definition) is 2. The first-order valence-corrected chi connectivity index (χ1v) is 8.65. The van der Waals surface area contributed by atoms with Crippen molar-refractivity contribution in [3.63, 3.8) is 0 Å². The van der Waals surface area contributed by atoms with E-state index in [1.807, 2.05) is 32.2 Å². The van der Waals surface area contributed by atoms with Crippen molar-refractivity contribution in [1.29, 1.82) is 0 Å². The van der Waals surface area contributed by atoms with Crippen molar-refractivity contribution in [2.24, 2.45) is 10.9 Å². The lowest BCUT2D eigenvalue weighted by atomic mass is 9.86. The molecule has 0 saturated heterocycles. The average Bonchev–Trinajstić information content (AvgIpc) is 2.55. The maximum Gasteiger partial charge on any atom is 0.191 e. The maximum absolute atomic E-state index is 4.49. The van der Waals surface area contributed by atoms with Gasteiger partial charge < -0.3 is 10.6 Å². The second kappa shape index (κ2) is 11.6. The number of guanidine groups is 1. The number of aliphatic imine (C=N–C) groups is 1. The van der Waals surface area contributed by atoms with Gasteiger partial charge in [0.15, 0.2) is 5.96 Å². The fourth-order valence-corrected chi connectivity index (χ4v) is 3.17. The molecule has 130 valence electrons. The molecule has 1 aliphatic rings. The van der Waals surface area contributed by atoms with E-state index in [0.717, 1.165) is 29.8 Å². The van der Waals surface area contributed by atoms with Crippen LogP contribution >= 0.6 is 24.0 Å². The molecule has 1 fully saturated rings. The smallest absolute Gasteiger partial charge is 0.191 e. The topological polar surface area (TPSA) is 49.3 Å². The Labute approximate surface area is 158 Å². The van der Waals surface area contributed by atoms with Crippen LogP contribution in [-0.2, 0) is 6.54 Å². The van der Waals surface area contributed by atoms with Crippen LogP contribution in [0.25, 0.3) is 0 Å². The van der Waals surface area contributed by atoms with Crippen LogP contribution < -0.4 is 10.6 Å². The molecule has 2 rings (SSSR count). The normalized spacial score (nSPS) is 15.8. The van der Waals surface area contributed by atoms with E-state index < -0.39 is 0 Å². The standard InChI is InChI=1S/C18H30N4.HI/c1-15-8-6-12-17(22-15)14-21-18(19-2)20-13-7-11-16-9-4-3-5-10-16;/h6,8,12,16H,3-5,7,9-11,13-14H2,1-2H3,(H2,19,20,21);1H. The fraction of sp³-hybridized carbons (Fsp3) is 0.667. The predicted molar refractivity (Wildman–Crippen MR) is 108 cm³/mol. The molecule has 0 radical (unpaired) electrons. The summed E-state index contributed by atoms with van der Waals surface area (Å²) in [6.45, 7) is 3.73. The summed E-state index contributed by atoms with van der Waals surface area (Å²) in [7, 11) is 1.82. The highest BCUT2D eigenvalue weighted by molar-refractivity contribution is 14.0. The highest BCUT2D eigenvalue weighted by atomic mass is 127. The summed E-state index contributed by atoms with van der Waals surface area (Å²) in [5.41, 5.74) is 2.10. The zero-order valence-corrected chi connectivity index (χ0v) is 16.8. The molecular weight excluding hydrogens is 399 g/mol. The minimum atomic E-state index is 0. The monoisotopic (exact) mass is 430 g/mol. The van der Waals surface area contributed by atoms with E-state index in [4.69, 9.17) is 0 Å². The average molecular weight is 430 g/mol. The summed E-state index contributed by atoms with van der Waals surface area (Å²) in [4.78, 5) is 8.77. The number of halogens is 1. The van der Waals surface area contributed by atoms with Gasteiger partial charge in [0.1, 0.15) is 0 Å². The fourth-order valence-electron chi connectivity index (χ4n) is 3.17. The molecule has 1 heterocycles. The van der Waals surface area contributed by atoms with Gasteiger partial charge in [-0.3, -0.25) is 9.98 Å². The van der Waals surface area contributed by atoms with Crippen molar-refractivity contribution in [2.75, 3.05) is 13.6 Å². The molecule has 23 heavy (non-hydrogen) atoms. The van der Waals surface area contributed by atoms with Gasteiger partial charge in [-0.25, -0.2) is 0 Å². The molecule has 5 heteroatoms. The summed E-state index contributed by atoms with van der Waals surface area (Å²) in [6.07, 6.45) is 9.77. The quantitative estimate of drug-likeness (QED) is 0.310. The first kappa shape index (κ1) is 20.2. The van der Waals surface area contributed by atoms with Gasteiger partial charge in [0.2, 0.25) is 0 Å². The number of rotatable bonds is 6. The van der Waals surface area contributed by atoms with Crippen molar-refractivity contribution >= 4 is 29.9 Å². The lowest BCUT2D eigenvalue weighted by molar-refractivity contribution is 0.332. The Balaban J connectivity index is 0.00000264. The Morgan fingerprint density at radius 2 is 2.00 bits per heavy atom. The second-order valence-electron chi connectivity index (χ2n) is 6.27. The van der Waals surface area contributed by atoms with Gasteiger partial charge in [0.25, 0.3) is 0 Å². The molecule has 2 N–H and O–H groups in total. The third-order valence-corrected chi connectivity index (χ3v) is 4.41. The van der Waals surface area contributed by atoms with Gasteiger partial charge in [0.05, 0.1) is 12.2 Å².